The molecule has 6 heteroatoms. The van der Waals surface area contributed by atoms with Crippen molar-refractivity contribution in [3.8, 4) is 0 Å². The monoisotopic (exact) mass is 354 g/mol. The maximum Gasteiger partial charge on any atom is 0.228 e. The normalized spacial score (nSPS) is 23.6. The van der Waals surface area contributed by atoms with Gasteiger partial charge in [-0.25, -0.2) is 4.98 Å². The quantitative estimate of drug-likeness (QED) is 0.918. The molecule has 26 heavy (non-hydrogen) atoms. The minimum absolute atomic E-state index is 0.0100. The van der Waals surface area contributed by atoms with E-state index in [0.717, 1.165) is 42.8 Å². The van der Waals surface area contributed by atoms with E-state index in [1.54, 1.807) is 0 Å². The maximum atomic E-state index is 13.1. The van der Waals surface area contributed by atoms with Gasteiger partial charge < -0.3 is 14.8 Å². The van der Waals surface area contributed by atoms with Crippen molar-refractivity contribution >= 4 is 22.8 Å². The SMILES string of the molecule is CC(C)CN1CC(C(=O)N2CCC[C@H]2c2nc3ccccc3[nH]2)CC1=O. The van der Waals surface area contributed by atoms with Crippen molar-refractivity contribution in [1.29, 1.82) is 0 Å². The topological polar surface area (TPSA) is 69.3 Å². The van der Waals surface area contributed by atoms with E-state index in [0.29, 0.717) is 18.9 Å². The molecule has 0 bridgehead atoms. The second-order valence-corrected chi connectivity index (χ2v) is 7.92. The molecule has 6 nitrogen and oxygen atoms in total. The first-order valence-corrected chi connectivity index (χ1v) is 9.56. The molecule has 138 valence electrons. The third-order valence-electron chi connectivity index (χ3n) is 5.41. The molecule has 4 rings (SSSR count). The minimum atomic E-state index is -0.216. The summed E-state index contributed by atoms with van der Waals surface area (Å²) in [6.45, 7) is 6.23. The van der Waals surface area contributed by atoms with Crippen LogP contribution in [0.25, 0.3) is 11.0 Å². The number of likely N-dealkylation sites (tertiary alicyclic amines) is 2. The average molecular weight is 354 g/mol. The van der Waals surface area contributed by atoms with Crippen molar-refractivity contribution in [2.45, 2.75) is 39.2 Å². The molecule has 2 aromatic rings. The summed E-state index contributed by atoms with van der Waals surface area (Å²) < 4.78 is 0. The van der Waals surface area contributed by atoms with Crippen LogP contribution in [0.5, 0.6) is 0 Å². The van der Waals surface area contributed by atoms with Gasteiger partial charge in [0.25, 0.3) is 0 Å². The lowest BCUT2D eigenvalue weighted by molar-refractivity contribution is -0.136. The number of carbonyl (C=O) groups is 2. The fourth-order valence-electron chi connectivity index (χ4n) is 4.23. The van der Waals surface area contributed by atoms with Gasteiger partial charge in [0.2, 0.25) is 11.8 Å². The zero-order valence-electron chi connectivity index (χ0n) is 15.4. The molecule has 1 aromatic carbocycles. The van der Waals surface area contributed by atoms with E-state index in [2.05, 4.69) is 18.8 Å². The summed E-state index contributed by atoms with van der Waals surface area (Å²) in [5.41, 5.74) is 1.93. The Labute approximate surface area is 153 Å². The summed E-state index contributed by atoms with van der Waals surface area (Å²) in [5.74, 6) is 1.28. The Morgan fingerprint density at radius 2 is 2.15 bits per heavy atom. The molecular formula is C20H26N4O2. The molecular weight excluding hydrogens is 328 g/mol. The van der Waals surface area contributed by atoms with E-state index in [9.17, 15) is 9.59 Å². The number of fused-ring (bicyclic) bond motifs is 1. The zero-order chi connectivity index (χ0) is 18.3. The number of benzene rings is 1. The van der Waals surface area contributed by atoms with E-state index in [1.165, 1.54) is 0 Å². The number of para-hydroxylation sites is 2. The molecule has 2 aliphatic rings. The molecule has 1 unspecified atom stereocenters. The van der Waals surface area contributed by atoms with Crippen LogP contribution < -0.4 is 0 Å². The Balaban J connectivity index is 1.51. The van der Waals surface area contributed by atoms with Gasteiger partial charge in [0.05, 0.1) is 23.0 Å². The first kappa shape index (κ1) is 17.1. The van der Waals surface area contributed by atoms with Gasteiger partial charge in [-0.05, 0) is 30.9 Å². The predicted molar refractivity (Wildman–Crippen MR) is 99.3 cm³/mol. The molecule has 2 saturated heterocycles. The van der Waals surface area contributed by atoms with Gasteiger partial charge >= 0.3 is 0 Å². The highest BCUT2D eigenvalue weighted by molar-refractivity contribution is 5.89. The Kier molecular flexibility index (Phi) is 4.42. The lowest BCUT2D eigenvalue weighted by atomic mass is 10.1. The molecule has 0 radical (unpaired) electrons. The number of aromatic nitrogens is 2. The number of amides is 2. The van der Waals surface area contributed by atoms with E-state index >= 15 is 0 Å². The fraction of sp³-hybridized carbons (Fsp3) is 0.550. The van der Waals surface area contributed by atoms with E-state index in [-0.39, 0.29) is 23.8 Å². The highest BCUT2D eigenvalue weighted by Crippen LogP contribution is 2.34. The van der Waals surface area contributed by atoms with Crippen molar-refractivity contribution in [2.75, 3.05) is 19.6 Å². The van der Waals surface area contributed by atoms with Gasteiger partial charge in [0, 0.05) is 26.1 Å². The zero-order valence-corrected chi connectivity index (χ0v) is 15.4. The number of imidazole rings is 1. The minimum Gasteiger partial charge on any atom is -0.342 e. The fourth-order valence-corrected chi connectivity index (χ4v) is 4.23. The Hall–Kier alpha value is -2.37. The standard InChI is InChI=1S/C20H26N4O2/c1-13(2)11-23-12-14(10-18(23)25)20(26)24-9-5-8-17(24)19-21-15-6-3-4-7-16(15)22-19/h3-4,6-7,13-14,17H,5,8-12H2,1-2H3,(H,21,22)/t14?,17-/m0/s1. The summed E-state index contributed by atoms with van der Waals surface area (Å²) in [6.07, 6.45) is 2.24. The number of hydrogen-bond acceptors (Lipinski definition) is 3. The average Bonchev–Trinajstić information content (AvgIpc) is 3.31. The molecule has 0 aliphatic carbocycles. The van der Waals surface area contributed by atoms with Crippen LogP contribution in [0.15, 0.2) is 24.3 Å². The van der Waals surface area contributed by atoms with Crippen molar-refractivity contribution in [2.24, 2.45) is 11.8 Å². The summed E-state index contributed by atoms with van der Waals surface area (Å²) in [6, 6.07) is 7.93. The number of H-pyrrole nitrogens is 1. The lowest BCUT2D eigenvalue weighted by Crippen LogP contribution is -2.37. The van der Waals surface area contributed by atoms with Crippen molar-refractivity contribution in [3.05, 3.63) is 30.1 Å². The third kappa shape index (κ3) is 3.08. The maximum absolute atomic E-state index is 13.1. The smallest absolute Gasteiger partial charge is 0.228 e. The van der Waals surface area contributed by atoms with Gasteiger partial charge in [-0.1, -0.05) is 26.0 Å². The van der Waals surface area contributed by atoms with Crippen LogP contribution in [0.3, 0.4) is 0 Å². The molecule has 3 heterocycles. The first-order valence-electron chi connectivity index (χ1n) is 9.56. The lowest BCUT2D eigenvalue weighted by Gasteiger charge is -2.26. The number of aromatic amines is 1. The highest BCUT2D eigenvalue weighted by atomic mass is 16.2. The second kappa shape index (κ2) is 6.74. The second-order valence-electron chi connectivity index (χ2n) is 7.92. The molecule has 2 aliphatic heterocycles. The van der Waals surface area contributed by atoms with Crippen molar-refractivity contribution in [1.82, 2.24) is 19.8 Å². The van der Waals surface area contributed by atoms with E-state index in [1.807, 2.05) is 34.1 Å². The molecule has 1 aromatic heterocycles. The molecule has 2 amide bonds. The molecule has 0 spiro atoms. The third-order valence-corrected chi connectivity index (χ3v) is 5.41. The van der Waals surface area contributed by atoms with Crippen molar-refractivity contribution in [3.63, 3.8) is 0 Å². The summed E-state index contributed by atoms with van der Waals surface area (Å²) in [4.78, 5) is 37.2. The van der Waals surface area contributed by atoms with Crippen LogP contribution >= 0.6 is 0 Å². The van der Waals surface area contributed by atoms with Gasteiger partial charge in [-0.2, -0.15) is 0 Å². The van der Waals surface area contributed by atoms with Crippen LogP contribution in [0.4, 0.5) is 0 Å². The number of rotatable bonds is 4. The molecule has 0 saturated carbocycles. The molecule has 2 atom stereocenters. The van der Waals surface area contributed by atoms with Crippen molar-refractivity contribution < 1.29 is 9.59 Å². The number of nitrogens with one attached hydrogen (secondary N) is 1. The summed E-state index contributed by atoms with van der Waals surface area (Å²) in [7, 11) is 0. The van der Waals surface area contributed by atoms with Crippen LogP contribution in [0.1, 0.15) is 45.0 Å². The Morgan fingerprint density at radius 3 is 2.92 bits per heavy atom. The van der Waals surface area contributed by atoms with E-state index in [4.69, 9.17) is 4.98 Å². The molecule has 2 fully saturated rings. The van der Waals surface area contributed by atoms with Gasteiger partial charge in [0.15, 0.2) is 0 Å². The largest absolute Gasteiger partial charge is 0.342 e. The van der Waals surface area contributed by atoms with Crippen LogP contribution in [0.2, 0.25) is 0 Å². The van der Waals surface area contributed by atoms with Gasteiger partial charge in [-0.15, -0.1) is 0 Å². The Morgan fingerprint density at radius 1 is 1.35 bits per heavy atom. The number of carbonyl (C=O) groups excluding carboxylic acids is 2. The Bertz CT molecular complexity index is 795. The summed E-state index contributed by atoms with van der Waals surface area (Å²) in [5, 5.41) is 0. The molecule has 1 N–H and O–H groups in total. The first-order chi connectivity index (χ1) is 12.5. The van der Waals surface area contributed by atoms with Crippen LogP contribution in [-0.2, 0) is 9.59 Å². The summed E-state index contributed by atoms with van der Waals surface area (Å²) >= 11 is 0. The predicted octanol–water partition coefficient (Wildman–Crippen LogP) is 2.73. The van der Waals surface area contributed by atoms with E-state index < -0.39 is 0 Å². The number of nitrogens with zero attached hydrogens (tertiary/aromatic N) is 3. The highest BCUT2D eigenvalue weighted by Gasteiger charge is 2.40. The van der Waals surface area contributed by atoms with Gasteiger partial charge in [0.1, 0.15) is 5.82 Å². The van der Waals surface area contributed by atoms with Gasteiger partial charge in [-0.3, -0.25) is 9.59 Å². The number of hydrogen-bond donors (Lipinski definition) is 1. The van der Waals surface area contributed by atoms with Crippen LogP contribution in [-0.4, -0.2) is 51.2 Å². The van der Waals surface area contributed by atoms with Crippen LogP contribution in [0, 0.1) is 11.8 Å².